The van der Waals surface area contributed by atoms with Crippen LogP contribution in [0, 0.1) is 0 Å². The number of esters is 1. The van der Waals surface area contributed by atoms with E-state index in [-0.39, 0.29) is 17.9 Å². The van der Waals surface area contributed by atoms with E-state index in [0.29, 0.717) is 43.5 Å². The van der Waals surface area contributed by atoms with Gasteiger partial charge in [-0.25, -0.2) is 0 Å². The van der Waals surface area contributed by atoms with Crippen molar-refractivity contribution in [1.29, 1.82) is 0 Å². The first-order chi connectivity index (χ1) is 16.5. The lowest BCUT2D eigenvalue weighted by Gasteiger charge is -2.37. The summed E-state index contributed by atoms with van der Waals surface area (Å²) in [6.45, 7) is 6.40. The van der Waals surface area contributed by atoms with Gasteiger partial charge in [0.1, 0.15) is 5.25 Å². The van der Waals surface area contributed by atoms with Crippen LogP contribution >= 0.6 is 11.8 Å². The molecular weight excluding hydrogens is 452 g/mol. The van der Waals surface area contributed by atoms with E-state index < -0.39 is 5.25 Å². The van der Waals surface area contributed by atoms with Crippen LogP contribution in [0.4, 0.5) is 0 Å². The molecule has 34 heavy (non-hydrogen) atoms. The van der Waals surface area contributed by atoms with Crippen LogP contribution in [0.15, 0.2) is 64.0 Å². The van der Waals surface area contributed by atoms with Crippen LogP contribution in [0.25, 0.3) is 11.4 Å². The second-order valence-corrected chi connectivity index (χ2v) is 9.49. The molecule has 2 unspecified atom stereocenters. The van der Waals surface area contributed by atoms with Crippen molar-refractivity contribution in [3.05, 3.63) is 66.1 Å². The van der Waals surface area contributed by atoms with Crippen LogP contribution < -0.4 is 0 Å². The number of amides is 1. The number of thioether (sulfide) groups is 1. The summed E-state index contributed by atoms with van der Waals surface area (Å²) in [6, 6.07) is 17.1. The molecule has 3 aromatic rings. The summed E-state index contributed by atoms with van der Waals surface area (Å²) in [5, 5.41) is 3.73. The second kappa shape index (κ2) is 10.8. The van der Waals surface area contributed by atoms with Crippen LogP contribution in [0.1, 0.15) is 36.1 Å². The summed E-state index contributed by atoms with van der Waals surface area (Å²) in [5.74, 6) is 0.798. The van der Waals surface area contributed by atoms with Gasteiger partial charge in [0.05, 0.1) is 18.7 Å². The van der Waals surface area contributed by atoms with Crippen molar-refractivity contribution >= 4 is 23.6 Å². The summed E-state index contributed by atoms with van der Waals surface area (Å²) in [4.78, 5) is 34.6. The maximum Gasteiger partial charge on any atom is 0.318 e. The maximum atomic E-state index is 13.3. The molecule has 1 aliphatic heterocycles. The summed E-state index contributed by atoms with van der Waals surface area (Å²) < 4.78 is 10.4. The first kappa shape index (κ1) is 24.0. The van der Waals surface area contributed by atoms with E-state index in [4.69, 9.17) is 9.26 Å². The molecule has 0 saturated carbocycles. The number of aromatic nitrogens is 2. The molecule has 2 heterocycles. The first-order valence-electron chi connectivity index (χ1n) is 11.2. The summed E-state index contributed by atoms with van der Waals surface area (Å²) in [7, 11) is 1.37. The van der Waals surface area contributed by atoms with Crippen LogP contribution in [0.5, 0.6) is 0 Å². The Morgan fingerprint density at radius 1 is 1.00 bits per heavy atom. The molecule has 178 valence electrons. The van der Waals surface area contributed by atoms with E-state index in [0.717, 1.165) is 10.5 Å². The standard InChI is InChI=1S/C25H28N4O4S/c1-17(23-26-22(27-33-23)19-9-5-4-6-10-19)28-13-15-29(16-14-28)24(30)20-11-7-8-12-21(20)34-18(2)25(31)32-3/h4-12,17-18H,13-16H2,1-3H3. The lowest BCUT2D eigenvalue weighted by Crippen LogP contribution is -2.49. The molecule has 1 aromatic heterocycles. The highest BCUT2D eigenvalue weighted by molar-refractivity contribution is 8.00. The highest BCUT2D eigenvalue weighted by Gasteiger charge is 2.29. The van der Waals surface area contributed by atoms with Gasteiger partial charge in [0.2, 0.25) is 11.7 Å². The molecule has 2 atom stereocenters. The molecule has 0 radical (unpaired) electrons. The zero-order valence-electron chi connectivity index (χ0n) is 19.5. The Kier molecular flexibility index (Phi) is 7.64. The molecule has 2 aromatic carbocycles. The Morgan fingerprint density at radius 2 is 1.68 bits per heavy atom. The van der Waals surface area contributed by atoms with Gasteiger partial charge >= 0.3 is 5.97 Å². The summed E-state index contributed by atoms with van der Waals surface area (Å²) in [5.41, 5.74) is 1.52. The lowest BCUT2D eigenvalue weighted by atomic mass is 10.1. The molecule has 1 fully saturated rings. The molecule has 0 aliphatic carbocycles. The van der Waals surface area contributed by atoms with Gasteiger partial charge in [-0.1, -0.05) is 47.6 Å². The zero-order valence-corrected chi connectivity index (χ0v) is 20.3. The third-order valence-electron chi connectivity index (χ3n) is 5.93. The fraction of sp³-hybridized carbons (Fsp3) is 0.360. The second-order valence-electron chi connectivity index (χ2n) is 8.11. The van der Waals surface area contributed by atoms with Crippen molar-refractivity contribution < 1.29 is 18.8 Å². The van der Waals surface area contributed by atoms with Crippen molar-refractivity contribution in [2.75, 3.05) is 33.3 Å². The topological polar surface area (TPSA) is 88.8 Å². The molecule has 0 spiro atoms. The van der Waals surface area contributed by atoms with Gasteiger partial charge < -0.3 is 14.2 Å². The number of hydrogen-bond donors (Lipinski definition) is 0. The zero-order chi connectivity index (χ0) is 24.1. The van der Waals surface area contributed by atoms with Crippen LogP contribution in [-0.2, 0) is 9.53 Å². The van der Waals surface area contributed by atoms with E-state index >= 15 is 0 Å². The fourth-order valence-corrected chi connectivity index (χ4v) is 4.91. The number of rotatable bonds is 7. The SMILES string of the molecule is COC(=O)C(C)Sc1ccccc1C(=O)N1CCN(C(C)c2nc(-c3ccccc3)no2)CC1. The Bertz CT molecular complexity index is 1130. The van der Waals surface area contributed by atoms with Gasteiger partial charge in [-0.15, -0.1) is 11.8 Å². The van der Waals surface area contributed by atoms with Crippen LogP contribution in [0.3, 0.4) is 0 Å². The molecule has 0 N–H and O–H groups in total. The van der Waals surface area contributed by atoms with Gasteiger partial charge in [-0.2, -0.15) is 4.98 Å². The summed E-state index contributed by atoms with van der Waals surface area (Å²) in [6.07, 6.45) is 0. The minimum atomic E-state index is -0.396. The van der Waals surface area contributed by atoms with Gasteiger partial charge in [-0.3, -0.25) is 14.5 Å². The average Bonchev–Trinajstić information content (AvgIpc) is 3.39. The van der Waals surface area contributed by atoms with Crippen molar-refractivity contribution in [3.63, 3.8) is 0 Å². The van der Waals surface area contributed by atoms with Gasteiger partial charge in [0.25, 0.3) is 5.91 Å². The Balaban J connectivity index is 1.38. The number of carbonyl (C=O) groups is 2. The highest BCUT2D eigenvalue weighted by Crippen LogP contribution is 2.29. The number of ether oxygens (including phenoxy) is 1. The third kappa shape index (κ3) is 5.31. The Morgan fingerprint density at radius 3 is 2.38 bits per heavy atom. The van der Waals surface area contributed by atoms with E-state index in [9.17, 15) is 9.59 Å². The fourth-order valence-electron chi connectivity index (χ4n) is 3.90. The minimum absolute atomic E-state index is 0.0309. The van der Waals surface area contributed by atoms with E-state index in [2.05, 4.69) is 15.0 Å². The molecule has 9 heteroatoms. The van der Waals surface area contributed by atoms with Crippen LogP contribution in [-0.4, -0.2) is 70.4 Å². The van der Waals surface area contributed by atoms with Crippen molar-refractivity contribution in [2.24, 2.45) is 0 Å². The van der Waals surface area contributed by atoms with Gasteiger partial charge in [0.15, 0.2) is 0 Å². The Labute approximate surface area is 203 Å². The van der Waals surface area contributed by atoms with E-state index in [1.165, 1.54) is 18.9 Å². The van der Waals surface area contributed by atoms with Crippen molar-refractivity contribution in [3.8, 4) is 11.4 Å². The predicted octanol–water partition coefficient (Wildman–Crippen LogP) is 3.91. The van der Waals surface area contributed by atoms with Crippen molar-refractivity contribution in [2.45, 2.75) is 30.0 Å². The third-order valence-corrected chi connectivity index (χ3v) is 7.09. The smallest absolute Gasteiger partial charge is 0.318 e. The number of methoxy groups -OCH3 is 1. The predicted molar refractivity (Wildman–Crippen MR) is 129 cm³/mol. The molecule has 1 aliphatic rings. The highest BCUT2D eigenvalue weighted by atomic mass is 32.2. The molecule has 1 amide bonds. The largest absolute Gasteiger partial charge is 0.468 e. The molecule has 4 rings (SSSR count). The normalized spacial score (nSPS) is 16.1. The van der Waals surface area contributed by atoms with Crippen LogP contribution in [0.2, 0.25) is 0 Å². The number of nitrogens with zero attached hydrogens (tertiary/aromatic N) is 4. The first-order valence-corrected chi connectivity index (χ1v) is 12.1. The van der Waals surface area contributed by atoms with Gasteiger partial charge in [-0.05, 0) is 26.0 Å². The maximum absolute atomic E-state index is 13.3. The lowest BCUT2D eigenvalue weighted by molar-refractivity contribution is -0.139. The summed E-state index contributed by atoms with van der Waals surface area (Å²) >= 11 is 1.34. The molecule has 0 bridgehead atoms. The Hall–Kier alpha value is -3.17. The number of carbonyl (C=O) groups excluding carboxylic acids is 2. The number of benzene rings is 2. The van der Waals surface area contributed by atoms with Gasteiger partial charge in [0, 0.05) is 36.6 Å². The molecular formula is C25H28N4O4S. The minimum Gasteiger partial charge on any atom is -0.468 e. The van der Waals surface area contributed by atoms with E-state index in [1.54, 1.807) is 6.92 Å². The molecule has 8 nitrogen and oxygen atoms in total. The van der Waals surface area contributed by atoms with E-state index in [1.807, 2.05) is 66.4 Å². The quantitative estimate of drug-likeness (QED) is 0.372. The number of piperazine rings is 1. The average molecular weight is 481 g/mol. The number of hydrogen-bond acceptors (Lipinski definition) is 8. The monoisotopic (exact) mass is 480 g/mol. The molecule has 1 saturated heterocycles. The van der Waals surface area contributed by atoms with Crippen molar-refractivity contribution in [1.82, 2.24) is 19.9 Å².